The highest BCUT2D eigenvalue weighted by Crippen LogP contribution is 2.15. The minimum atomic E-state index is -0.509. The van der Waals surface area contributed by atoms with Crippen LogP contribution in [0.15, 0.2) is 77.9 Å². The van der Waals surface area contributed by atoms with Crippen molar-refractivity contribution in [1.82, 2.24) is 5.43 Å². The van der Waals surface area contributed by atoms with E-state index in [2.05, 4.69) is 28.0 Å². The van der Waals surface area contributed by atoms with Crippen molar-refractivity contribution in [3.8, 4) is 11.5 Å². The number of amides is 2. The van der Waals surface area contributed by atoms with E-state index in [-0.39, 0.29) is 6.42 Å². The molecular weight excluding hydrogens is 406 g/mol. The Morgan fingerprint density at radius 1 is 0.875 bits per heavy atom. The van der Waals surface area contributed by atoms with Crippen LogP contribution in [0, 0.1) is 6.92 Å². The molecule has 0 atom stereocenters. The first-order valence-corrected chi connectivity index (χ1v) is 10.1. The van der Waals surface area contributed by atoms with E-state index in [4.69, 9.17) is 9.47 Å². The summed E-state index contributed by atoms with van der Waals surface area (Å²) in [6.45, 7) is 2.53. The predicted molar refractivity (Wildman–Crippen MR) is 124 cm³/mol. The maximum Gasteiger partial charge on any atom is 0.249 e. The van der Waals surface area contributed by atoms with Crippen LogP contribution in [0.25, 0.3) is 0 Å². The summed E-state index contributed by atoms with van der Waals surface area (Å²) in [6.07, 6.45) is 1.16. The Kier molecular flexibility index (Phi) is 7.97. The maximum atomic E-state index is 12.0. The lowest BCUT2D eigenvalue weighted by atomic mass is 10.2. The van der Waals surface area contributed by atoms with Crippen molar-refractivity contribution in [2.75, 3.05) is 12.4 Å². The molecule has 0 unspecified atom stereocenters. The van der Waals surface area contributed by atoms with Gasteiger partial charge < -0.3 is 14.8 Å². The van der Waals surface area contributed by atoms with Gasteiger partial charge in [-0.2, -0.15) is 5.10 Å². The summed E-state index contributed by atoms with van der Waals surface area (Å²) in [5.74, 6) is 0.478. The molecule has 0 fully saturated rings. The summed E-state index contributed by atoms with van der Waals surface area (Å²) < 4.78 is 10.8. The molecule has 0 spiro atoms. The van der Waals surface area contributed by atoms with E-state index in [1.54, 1.807) is 31.4 Å². The van der Waals surface area contributed by atoms with Crippen LogP contribution in [-0.4, -0.2) is 25.1 Å². The molecule has 0 bridgehead atoms. The Labute approximate surface area is 187 Å². The number of aryl methyl sites for hydroxylation is 1. The molecule has 7 heteroatoms. The van der Waals surface area contributed by atoms with Gasteiger partial charge in [0.1, 0.15) is 24.5 Å². The number of rotatable bonds is 9. The van der Waals surface area contributed by atoms with Gasteiger partial charge in [-0.1, -0.05) is 29.8 Å². The van der Waals surface area contributed by atoms with E-state index < -0.39 is 11.8 Å². The van der Waals surface area contributed by atoms with Crippen LogP contribution < -0.4 is 20.2 Å². The number of carbonyl (C=O) groups excluding carboxylic acids is 2. The largest absolute Gasteiger partial charge is 0.497 e. The molecule has 3 aromatic rings. The zero-order valence-corrected chi connectivity index (χ0v) is 18.0. The number of hydrogen-bond donors (Lipinski definition) is 2. The quantitative estimate of drug-likeness (QED) is 0.304. The van der Waals surface area contributed by atoms with Crippen molar-refractivity contribution in [3.63, 3.8) is 0 Å². The number of nitrogens with one attached hydrogen (secondary N) is 2. The average Bonchev–Trinajstić information content (AvgIpc) is 2.80. The second-order valence-electron chi connectivity index (χ2n) is 7.09. The summed E-state index contributed by atoms with van der Waals surface area (Å²) >= 11 is 0. The average molecular weight is 431 g/mol. The van der Waals surface area contributed by atoms with Crippen LogP contribution in [0.3, 0.4) is 0 Å². The summed E-state index contributed by atoms with van der Waals surface area (Å²) in [4.78, 5) is 23.9. The SMILES string of the molecule is COc1ccc(NC(=O)CC(=O)NN=Cc2ccc(OCc3ccc(C)cc3)cc2)cc1. The molecule has 32 heavy (non-hydrogen) atoms. The molecule has 0 aliphatic heterocycles. The third-order valence-electron chi connectivity index (χ3n) is 4.50. The highest BCUT2D eigenvalue weighted by Gasteiger charge is 2.09. The highest BCUT2D eigenvalue weighted by atomic mass is 16.5. The zero-order chi connectivity index (χ0) is 22.8. The van der Waals surface area contributed by atoms with Crippen LogP contribution in [0.1, 0.15) is 23.1 Å². The fourth-order valence-corrected chi connectivity index (χ4v) is 2.74. The summed E-state index contributed by atoms with van der Waals surface area (Å²) in [6, 6.07) is 22.3. The van der Waals surface area contributed by atoms with Gasteiger partial charge in [0.25, 0.3) is 0 Å². The van der Waals surface area contributed by atoms with Gasteiger partial charge in [0, 0.05) is 5.69 Å². The smallest absolute Gasteiger partial charge is 0.249 e. The molecule has 0 heterocycles. The minimum absolute atomic E-state index is 0.338. The molecule has 0 aromatic heterocycles. The summed E-state index contributed by atoms with van der Waals surface area (Å²) in [7, 11) is 1.56. The number of hydrogen-bond acceptors (Lipinski definition) is 5. The third kappa shape index (κ3) is 7.28. The van der Waals surface area contributed by atoms with Gasteiger partial charge in [0.15, 0.2) is 0 Å². The van der Waals surface area contributed by atoms with E-state index in [0.717, 1.165) is 16.9 Å². The number of anilines is 1. The third-order valence-corrected chi connectivity index (χ3v) is 4.50. The molecule has 0 aliphatic carbocycles. The monoisotopic (exact) mass is 431 g/mol. The van der Waals surface area contributed by atoms with Crippen molar-refractivity contribution < 1.29 is 19.1 Å². The van der Waals surface area contributed by atoms with Gasteiger partial charge >= 0.3 is 0 Å². The van der Waals surface area contributed by atoms with E-state index in [0.29, 0.717) is 18.0 Å². The van der Waals surface area contributed by atoms with Crippen molar-refractivity contribution in [2.24, 2.45) is 5.10 Å². The second-order valence-corrected chi connectivity index (χ2v) is 7.09. The predicted octanol–water partition coefficient (Wildman–Crippen LogP) is 4.06. The molecule has 3 aromatic carbocycles. The van der Waals surface area contributed by atoms with Gasteiger partial charge in [-0.15, -0.1) is 0 Å². The van der Waals surface area contributed by atoms with Gasteiger partial charge in [-0.3, -0.25) is 9.59 Å². The minimum Gasteiger partial charge on any atom is -0.497 e. The summed E-state index contributed by atoms with van der Waals surface area (Å²) in [5.41, 5.74) is 6.03. The van der Waals surface area contributed by atoms with E-state index in [1.807, 2.05) is 43.3 Å². The first-order chi connectivity index (χ1) is 15.5. The number of ether oxygens (including phenoxy) is 2. The first kappa shape index (κ1) is 22.6. The van der Waals surface area contributed by atoms with Gasteiger partial charge in [0.2, 0.25) is 11.8 Å². The van der Waals surface area contributed by atoms with Crippen LogP contribution in [0.4, 0.5) is 5.69 Å². The van der Waals surface area contributed by atoms with E-state index >= 15 is 0 Å². The van der Waals surface area contributed by atoms with Crippen molar-refractivity contribution in [3.05, 3.63) is 89.5 Å². The van der Waals surface area contributed by atoms with Crippen molar-refractivity contribution in [2.45, 2.75) is 20.0 Å². The van der Waals surface area contributed by atoms with Crippen LogP contribution in [0.2, 0.25) is 0 Å². The van der Waals surface area contributed by atoms with Gasteiger partial charge in [-0.05, 0) is 66.6 Å². The molecule has 0 radical (unpaired) electrons. The second kappa shape index (κ2) is 11.3. The lowest BCUT2D eigenvalue weighted by Gasteiger charge is -2.07. The van der Waals surface area contributed by atoms with Crippen LogP contribution in [0.5, 0.6) is 11.5 Å². The number of benzene rings is 3. The Bertz CT molecular complexity index is 1060. The Morgan fingerprint density at radius 3 is 2.19 bits per heavy atom. The molecule has 2 N–H and O–H groups in total. The van der Waals surface area contributed by atoms with Crippen molar-refractivity contribution in [1.29, 1.82) is 0 Å². The molecule has 7 nitrogen and oxygen atoms in total. The fraction of sp³-hybridized carbons (Fsp3) is 0.160. The molecule has 3 rings (SSSR count). The van der Waals surface area contributed by atoms with Crippen molar-refractivity contribution >= 4 is 23.7 Å². The maximum absolute atomic E-state index is 12.0. The molecule has 2 amide bonds. The topological polar surface area (TPSA) is 89.0 Å². The molecule has 164 valence electrons. The van der Waals surface area contributed by atoms with E-state index in [9.17, 15) is 9.59 Å². The Hall–Kier alpha value is -4.13. The molecule has 0 saturated carbocycles. The Balaban J connectivity index is 1.40. The standard InChI is InChI=1S/C25H25N3O4/c1-18-3-5-20(6-4-18)17-32-23-11-7-19(8-12-23)16-26-28-25(30)15-24(29)27-21-9-13-22(31-2)14-10-21/h3-14,16H,15,17H2,1-2H3,(H,27,29)(H,28,30). The van der Waals surface area contributed by atoms with Crippen LogP contribution >= 0.6 is 0 Å². The fourth-order valence-electron chi connectivity index (χ4n) is 2.74. The highest BCUT2D eigenvalue weighted by molar-refractivity contribution is 6.03. The normalized spacial score (nSPS) is 10.6. The first-order valence-electron chi connectivity index (χ1n) is 10.1. The lowest BCUT2D eigenvalue weighted by molar-refractivity contribution is -0.126. The number of hydrazone groups is 1. The zero-order valence-electron chi connectivity index (χ0n) is 18.0. The van der Waals surface area contributed by atoms with Crippen LogP contribution in [-0.2, 0) is 16.2 Å². The summed E-state index contributed by atoms with van der Waals surface area (Å²) in [5, 5.41) is 6.54. The molecule has 0 saturated heterocycles. The number of carbonyl (C=O) groups is 2. The van der Waals surface area contributed by atoms with Gasteiger partial charge in [0.05, 0.1) is 13.3 Å². The molecule has 0 aliphatic rings. The molecular formula is C25H25N3O4. The lowest BCUT2D eigenvalue weighted by Crippen LogP contribution is -2.24. The van der Waals surface area contributed by atoms with E-state index in [1.165, 1.54) is 11.8 Å². The van der Waals surface area contributed by atoms with Gasteiger partial charge in [-0.25, -0.2) is 5.43 Å². The number of nitrogens with zero attached hydrogens (tertiary/aromatic N) is 1. The number of methoxy groups -OCH3 is 1. The Morgan fingerprint density at radius 2 is 1.53 bits per heavy atom.